The first-order valence-corrected chi connectivity index (χ1v) is 26.1. The number of carbonyl (C=O) groups is 2. The van der Waals surface area contributed by atoms with Crippen LogP contribution in [0, 0.1) is 0 Å². The fourth-order valence-electron chi connectivity index (χ4n) is 8.16. The van der Waals surface area contributed by atoms with Crippen LogP contribution in [-0.4, -0.2) is 142 Å². The smallest absolute Gasteiger partial charge is 0.306 e. The number of aliphatic hydroxyl groups is 7. The van der Waals surface area contributed by atoms with Crippen molar-refractivity contribution in [2.75, 3.05) is 26.4 Å². The van der Waals surface area contributed by atoms with Gasteiger partial charge < -0.3 is 64.2 Å². The fourth-order valence-corrected chi connectivity index (χ4v) is 8.16. The molecular formula is C52H92O15. The summed E-state index contributed by atoms with van der Waals surface area (Å²) in [6.07, 6.45) is 24.6. The van der Waals surface area contributed by atoms with Crippen LogP contribution in [0.15, 0.2) is 36.5 Å². The summed E-state index contributed by atoms with van der Waals surface area (Å²) in [5, 5.41) is 72.1. The molecule has 67 heavy (non-hydrogen) atoms. The summed E-state index contributed by atoms with van der Waals surface area (Å²) >= 11 is 0. The molecule has 11 atom stereocenters. The third-order valence-corrected chi connectivity index (χ3v) is 12.4. The topological polar surface area (TPSA) is 231 Å². The number of ether oxygens (including phenoxy) is 6. The monoisotopic (exact) mass is 957 g/mol. The SMILES string of the molecule is CC/C=C/C=C/C=C/CCCCCCCC(=O)OC(COC(=O)CCCCCCCCCCCCCCCCCCCC)CO[C@@H]1O[C@H](CO[C@@H]2O[C@H](CO)[C@H](O)C(O)C2O)[C@H](O)C(O)C1O. The molecule has 0 aromatic carbocycles. The molecule has 0 aromatic heterocycles. The van der Waals surface area contributed by atoms with Gasteiger partial charge in [0.1, 0.15) is 55.4 Å². The Kier molecular flexibility index (Phi) is 35.8. The van der Waals surface area contributed by atoms with E-state index >= 15 is 0 Å². The minimum absolute atomic E-state index is 0.143. The van der Waals surface area contributed by atoms with E-state index in [1.165, 1.54) is 89.9 Å². The molecule has 2 fully saturated rings. The third kappa shape index (κ3) is 27.6. The Bertz CT molecular complexity index is 1310. The predicted octanol–water partition coefficient (Wildman–Crippen LogP) is 7.32. The molecule has 7 N–H and O–H groups in total. The molecule has 0 bridgehead atoms. The highest BCUT2D eigenvalue weighted by Crippen LogP contribution is 2.26. The first-order valence-electron chi connectivity index (χ1n) is 26.1. The van der Waals surface area contributed by atoms with E-state index in [2.05, 4.69) is 26.0 Å². The first kappa shape index (κ1) is 60.8. The molecule has 0 aliphatic carbocycles. The highest BCUT2D eigenvalue weighted by Gasteiger charge is 2.47. The largest absolute Gasteiger partial charge is 0.462 e. The van der Waals surface area contributed by atoms with Crippen molar-refractivity contribution in [3.63, 3.8) is 0 Å². The number of hydrogen-bond acceptors (Lipinski definition) is 15. The lowest BCUT2D eigenvalue weighted by molar-refractivity contribution is -0.332. The Hall–Kier alpha value is -2.28. The molecule has 2 heterocycles. The van der Waals surface area contributed by atoms with Crippen LogP contribution in [0.1, 0.15) is 187 Å². The standard InChI is InChI=1S/C52H92O15/c1-3-5-7-9-11-13-15-17-18-19-20-21-23-24-26-28-30-32-34-43(54)62-37-40(65-44(55)35-33-31-29-27-25-22-16-14-12-10-8-6-4-2)38-63-51-50(61)48(59)46(57)42(67-51)39-64-52-49(60)47(58)45(56)41(36-53)66-52/h6,8,10,12,14,16,40-42,45-53,56-61H,3-5,7,9,11,13,15,17-39H2,1-2H3/b8-6+,12-10+,16-14+/t40?,41-,42-,45+,46+,47?,48?,49?,50?,51-,52-/m1/s1. The zero-order chi connectivity index (χ0) is 48.9. The predicted molar refractivity (Wildman–Crippen MR) is 257 cm³/mol. The summed E-state index contributed by atoms with van der Waals surface area (Å²) < 4.78 is 33.6. The molecule has 390 valence electrons. The van der Waals surface area contributed by atoms with Gasteiger partial charge in [-0.3, -0.25) is 9.59 Å². The number of unbranched alkanes of at least 4 members (excludes halogenated alkanes) is 22. The van der Waals surface area contributed by atoms with Crippen molar-refractivity contribution in [2.45, 2.75) is 255 Å². The summed E-state index contributed by atoms with van der Waals surface area (Å²) in [5.41, 5.74) is 0. The molecule has 2 aliphatic rings. The maximum Gasteiger partial charge on any atom is 0.306 e. The van der Waals surface area contributed by atoms with Gasteiger partial charge in [0.2, 0.25) is 0 Å². The lowest BCUT2D eigenvalue weighted by Gasteiger charge is -2.42. The molecule has 2 aliphatic heterocycles. The van der Waals surface area contributed by atoms with Gasteiger partial charge in [-0.05, 0) is 32.1 Å². The highest BCUT2D eigenvalue weighted by atomic mass is 16.7. The number of aliphatic hydroxyl groups excluding tert-OH is 7. The van der Waals surface area contributed by atoms with Gasteiger partial charge in [0.25, 0.3) is 0 Å². The molecule has 2 rings (SSSR count). The van der Waals surface area contributed by atoms with E-state index in [-0.39, 0.29) is 26.1 Å². The summed E-state index contributed by atoms with van der Waals surface area (Å²) in [6.45, 7) is 2.45. The van der Waals surface area contributed by atoms with Crippen molar-refractivity contribution < 1.29 is 73.8 Å². The summed E-state index contributed by atoms with van der Waals surface area (Å²) in [6, 6.07) is 0. The molecule has 0 spiro atoms. The second-order valence-corrected chi connectivity index (χ2v) is 18.4. The van der Waals surface area contributed by atoms with Gasteiger partial charge in [-0.2, -0.15) is 0 Å². The van der Waals surface area contributed by atoms with Crippen LogP contribution in [-0.2, 0) is 38.0 Å². The first-order chi connectivity index (χ1) is 32.5. The average molecular weight is 957 g/mol. The lowest BCUT2D eigenvalue weighted by atomic mass is 9.98. The fraction of sp³-hybridized carbons (Fsp3) is 0.846. The van der Waals surface area contributed by atoms with E-state index in [1.807, 2.05) is 24.3 Å². The van der Waals surface area contributed by atoms with Crippen molar-refractivity contribution in [3.8, 4) is 0 Å². The van der Waals surface area contributed by atoms with E-state index in [1.54, 1.807) is 0 Å². The summed E-state index contributed by atoms with van der Waals surface area (Å²) in [7, 11) is 0. The Morgan fingerprint density at radius 3 is 1.46 bits per heavy atom. The maximum absolute atomic E-state index is 13.0. The molecule has 15 heteroatoms. The normalized spacial score (nSPS) is 26.2. The van der Waals surface area contributed by atoms with Gasteiger partial charge in [0, 0.05) is 12.8 Å². The van der Waals surface area contributed by atoms with Crippen molar-refractivity contribution in [3.05, 3.63) is 36.5 Å². The second-order valence-electron chi connectivity index (χ2n) is 18.4. The van der Waals surface area contributed by atoms with Crippen LogP contribution in [0.25, 0.3) is 0 Å². The number of hydrogen-bond donors (Lipinski definition) is 7. The number of esters is 2. The molecule has 5 unspecified atom stereocenters. The second kappa shape index (κ2) is 39.4. The Labute approximate surface area is 402 Å². The number of rotatable bonds is 40. The van der Waals surface area contributed by atoms with Crippen LogP contribution >= 0.6 is 0 Å². The Morgan fingerprint density at radius 1 is 0.493 bits per heavy atom. The molecule has 0 amide bonds. The van der Waals surface area contributed by atoms with E-state index in [0.717, 1.165) is 57.8 Å². The van der Waals surface area contributed by atoms with Gasteiger partial charge in [-0.1, -0.05) is 179 Å². The van der Waals surface area contributed by atoms with E-state index in [4.69, 9.17) is 28.4 Å². The molecule has 2 saturated heterocycles. The molecule has 0 saturated carbocycles. The molecule has 0 aromatic rings. The van der Waals surface area contributed by atoms with E-state index in [0.29, 0.717) is 12.8 Å². The van der Waals surface area contributed by atoms with Crippen molar-refractivity contribution >= 4 is 11.9 Å². The minimum atomic E-state index is -1.77. The Balaban J connectivity index is 1.79. The summed E-state index contributed by atoms with van der Waals surface area (Å²) in [4.78, 5) is 25.7. The number of carbonyl (C=O) groups excluding carboxylic acids is 2. The van der Waals surface area contributed by atoms with Gasteiger partial charge >= 0.3 is 11.9 Å². The molecular weight excluding hydrogens is 865 g/mol. The van der Waals surface area contributed by atoms with Gasteiger partial charge in [-0.15, -0.1) is 0 Å². The highest BCUT2D eigenvalue weighted by molar-refractivity contribution is 5.70. The Morgan fingerprint density at radius 2 is 0.940 bits per heavy atom. The third-order valence-electron chi connectivity index (χ3n) is 12.4. The van der Waals surface area contributed by atoms with Crippen LogP contribution in [0.4, 0.5) is 0 Å². The van der Waals surface area contributed by atoms with Gasteiger partial charge in [-0.25, -0.2) is 0 Å². The molecule has 15 nitrogen and oxygen atoms in total. The molecule has 0 radical (unpaired) electrons. The number of allylic oxidation sites excluding steroid dienone is 6. The van der Waals surface area contributed by atoms with Crippen LogP contribution in [0.5, 0.6) is 0 Å². The van der Waals surface area contributed by atoms with Crippen LogP contribution in [0.3, 0.4) is 0 Å². The van der Waals surface area contributed by atoms with Crippen molar-refractivity contribution in [2.24, 2.45) is 0 Å². The summed E-state index contributed by atoms with van der Waals surface area (Å²) in [5.74, 6) is -0.944. The van der Waals surface area contributed by atoms with E-state index < -0.39 is 92.7 Å². The van der Waals surface area contributed by atoms with Crippen molar-refractivity contribution in [1.82, 2.24) is 0 Å². The van der Waals surface area contributed by atoms with Gasteiger partial charge in [0.15, 0.2) is 18.7 Å². The zero-order valence-corrected chi connectivity index (χ0v) is 41.1. The maximum atomic E-state index is 13.0. The minimum Gasteiger partial charge on any atom is -0.462 e. The average Bonchev–Trinajstić information content (AvgIpc) is 3.32. The quantitative estimate of drug-likeness (QED) is 0.0181. The van der Waals surface area contributed by atoms with Crippen molar-refractivity contribution in [1.29, 1.82) is 0 Å². The van der Waals surface area contributed by atoms with Crippen LogP contribution < -0.4 is 0 Å². The zero-order valence-electron chi connectivity index (χ0n) is 41.1. The van der Waals surface area contributed by atoms with Crippen LogP contribution in [0.2, 0.25) is 0 Å². The van der Waals surface area contributed by atoms with E-state index in [9.17, 15) is 45.3 Å². The van der Waals surface area contributed by atoms with Gasteiger partial charge in [0.05, 0.1) is 19.8 Å². The lowest BCUT2D eigenvalue weighted by Crippen LogP contribution is -2.61.